The number of aryl methyl sites for hydroxylation is 1. The number of thiazole rings is 1. The van der Waals surface area contributed by atoms with E-state index in [0.717, 1.165) is 24.5 Å². The van der Waals surface area contributed by atoms with E-state index in [-0.39, 0.29) is 0 Å². The van der Waals surface area contributed by atoms with Crippen molar-refractivity contribution >= 4 is 16.5 Å². The van der Waals surface area contributed by atoms with Gasteiger partial charge < -0.3 is 10.2 Å². The monoisotopic (exact) mass is 263 g/mol. The van der Waals surface area contributed by atoms with Gasteiger partial charge in [0.25, 0.3) is 0 Å². The van der Waals surface area contributed by atoms with E-state index in [1.807, 2.05) is 11.3 Å². The molecule has 1 aromatic heterocycles. The van der Waals surface area contributed by atoms with E-state index < -0.39 is 0 Å². The SMILES string of the molecule is Cc1nc(N2CC3CCC2C3)sc1CNC1CC1. The Morgan fingerprint density at radius 1 is 1.33 bits per heavy atom. The average Bonchev–Trinajstić information content (AvgIpc) is 2.81. The summed E-state index contributed by atoms with van der Waals surface area (Å²) in [5, 5.41) is 4.89. The molecule has 4 rings (SSSR count). The van der Waals surface area contributed by atoms with Gasteiger partial charge >= 0.3 is 0 Å². The predicted molar refractivity (Wildman–Crippen MR) is 75.2 cm³/mol. The number of aromatic nitrogens is 1. The Morgan fingerprint density at radius 3 is 2.89 bits per heavy atom. The Labute approximate surface area is 113 Å². The van der Waals surface area contributed by atoms with E-state index in [2.05, 4.69) is 17.1 Å². The number of piperidine rings is 1. The van der Waals surface area contributed by atoms with E-state index in [1.165, 1.54) is 54.4 Å². The molecule has 0 aromatic carbocycles. The van der Waals surface area contributed by atoms with Crippen molar-refractivity contribution in [3.05, 3.63) is 10.6 Å². The van der Waals surface area contributed by atoms with Gasteiger partial charge in [0.05, 0.1) is 5.69 Å². The summed E-state index contributed by atoms with van der Waals surface area (Å²) in [5.41, 5.74) is 1.24. The number of rotatable bonds is 4. The van der Waals surface area contributed by atoms with Crippen LogP contribution >= 0.6 is 11.3 Å². The lowest BCUT2D eigenvalue weighted by molar-refractivity contribution is 0.553. The topological polar surface area (TPSA) is 28.2 Å². The average molecular weight is 263 g/mol. The zero-order valence-corrected chi connectivity index (χ0v) is 11.8. The second-order valence-electron chi connectivity index (χ2n) is 6.15. The molecule has 2 heterocycles. The molecule has 98 valence electrons. The third-order valence-electron chi connectivity index (χ3n) is 4.66. The highest BCUT2D eigenvalue weighted by molar-refractivity contribution is 7.15. The van der Waals surface area contributed by atoms with Crippen LogP contribution in [-0.4, -0.2) is 23.6 Å². The van der Waals surface area contributed by atoms with E-state index in [0.29, 0.717) is 0 Å². The van der Waals surface area contributed by atoms with Gasteiger partial charge in [0.2, 0.25) is 0 Å². The zero-order chi connectivity index (χ0) is 12.1. The van der Waals surface area contributed by atoms with Crippen molar-refractivity contribution < 1.29 is 0 Å². The fraction of sp³-hybridized carbons (Fsp3) is 0.786. The van der Waals surface area contributed by atoms with Gasteiger partial charge in [-0.05, 0) is 44.9 Å². The van der Waals surface area contributed by atoms with Crippen molar-refractivity contribution in [2.45, 2.75) is 57.7 Å². The maximum atomic E-state index is 4.81. The van der Waals surface area contributed by atoms with Crippen LogP contribution in [0.4, 0.5) is 5.13 Å². The van der Waals surface area contributed by atoms with Gasteiger partial charge in [-0.3, -0.25) is 0 Å². The maximum absolute atomic E-state index is 4.81. The second-order valence-corrected chi connectivity index (χ2v) is 7.21. The fourth-order valence-corrected chi connectivity index (χ4v) is 4.48. The molecule has 3 nitrogen and oxygen atoms in total. The van der Waals surface area contributed by atoms with Crippen molar-refractivity contribution in [1.29, 1.82) is 0 Å². The Balaban J connectivity index is 1.49. The Morgan fingerprint density at radius 2 is 2.22 bits per heavy atom. The maximum Gasteiger partial charge on any atom is 0.186 e. The summed E-state index contributed by atoms with van der Waals surface area (Å²) in [6.07, 6.45) is 6.97. The minimum Gasteiger partial charge on any atom is -0.345 e. The van der Waals surface area contributed by atoms with Crippen molar-refractivity contribution in [2.75, 3.05) is 11.4 Å². The van der Waals surface area contributed by atoms with Crippen LogP contribution in [0.3, 0.4) is 0 Å². The lowest BCUT2D eigenvalue weighted by Crippen LogP contribution is -2.31. The first-order valence-corrected chi connectivity index (χ1v) is 8.07. The van der Waals surface area contributed by atoms with Crippen molar-refractivity contribution in [3.63, 3.8) is 0 Å². The molecule has 0 spiro atoms. The first-order chi connectivity index (χ1) is 8.79. The van der Waals surface area contributed by atoms with Crippen molar-refractivity contribution in [3.8, 4) is 0 Å². The summed E-state index contributed by atoms with van der Waals surface area (Å²) in [5.74, 6) is 0.951. The lowest BCUT2D eigenvalue weighted by atomic mass is 10.1. The number of nitrogens with one attached hydrogen (secondary N) is 1. The molecule has 0 radical (unpaired) electrons. The van der Waals surface area contributed by atoms with E-state index in [1.54, 1.807) is 0 Å². The van der Waals surface area contributed by atoms with Gasteiger partial charge in [-0.2, -0.15) is 0 Å². The number of hydrogen-bond acceptors (Lipinski definition) is 4. The Bertz CT molecular complexity index is 452. The van der Waals surface area contributed by atoms with Crippen LogP contribution in [0.2, 0.25) is 0 Å². The van der Waals surface area contributed by atoms with E-state index in [9.17, 15) is 0 Å². The molecule has 2 aliphatic carbocycles. The van der Waals surface area contributed by atoms with Crippen LogP contribution in [0.15, 0.2) is 0 Å². The summed E-state index contributed by atoms with van der Waals surface area (Å²) in [4.78, 5) is 8.83. The molecular formula is C14H21N3S. The molecule has 3 aliphatic rings. The number of fused-ring (bicyclic) bond motifs is 2. The molecule has 2 bridgehead atoms. The first-order valence-electron chi connectivity index (χ1n) is 7.26. The van der Waals surface area contributed by atoms with Gasteiger partial charge in [0.15, 0.2) is 5.13 Å². The normalized spacial score (nSPS) is 30.4. The number of hydrogen-bond donors (Lipinski definition) is 1. The molecule has 4 heteroatoms. The highest BCUT2D eigenvalue weighted by Gasteiger charge is 2.39. The van der Waals surface area contributed by atoms with Crippen LogP contribution in [0, 0.1) is 12.8 Å². The minimum absolute atomic E-state index is 0.790. The Kier molecular flexibility index (Phi) is 2.62. The lowest BCUT2D eigenvalue weighted by Gasteiger charge is -2.26. The summed E-state index contributed by atoms with van der Waals surface area (Å²) < 4.78 is 0. The third-order valence-corrected chi connectivity index (χ3v) is 5.86. The molecule has 0 amide bonds. The Hall–Kier alpha value is -0.610. The molecule has 3 fully saturated rings. The molecular weight excluding hydrogens is 242 g/mol. The van der Waals surface area contributed by atoms with Crippen LogP contribution in [0.1, 0.15) is 42.7 Å². The van der Waals surface area contributed by atoms with E-state index in [4.69, 9.17) is 4.98 Å². The van der Waals surface area contributed by atoms with Crippen LogP contribution in [0.25, 0.3) is 0 Å². The standard InChI is InChI=1S/C14H21N3S/c1-9-13(7-15-11-3-4-11)18-14(16-9)17-8-10-2-5-12(17)6-10/h10-12,15H,2-8H2,1H3. The van der Waals surface area contributed by atoms with Crippen LogP contribution in [0.5, 0.6) is 0 Å². The number of nitrogens with zero attached hydrogens (tertiary/aromatic N) is 2. The van der Waals surface area contributed by atoms with E-state index >= 15 is 0 Å². The minimum atomic E-state index is 0.790. The molecule has 1 aliphatic heterocycles. The van der Waals surface area contributed by atoms with Gasteiger partial charge in [-0.15, -0.1) is 11.3 Å². The molecule has 18 heavy (non-hydrogen) atoms. The van der Waals surface area contributed by atoms with Gasteiger partial charge in [0, 0.05) is 30.1 Å². The molecule has 1 aromatic rings. The summed E-state index contributed by atoms with van der Waals surface area (Å²) in [6.45, 7) is 4.45. The fourth-order valence-electron chi connectivity index (χ4n) is 3.38. The van der Waals surface area contributed by atoms with Crippen molar-refractivity contribution in [1.82, 2.24) is 10.3 Å². The van der Waals surface area contributed by atoms with Gasteiger partial charge in [-0.1, -0.05) is 0 Å². The second kappa shape index (κ2) is 4.20. The molecule has 1 saturated heterocycles. The highest BCUT2D eigenvalue weighted by atomic mass is 32.1. The quantitative estimate of drug-likeness (QED) is 0.905. The molecule has 1 N–H and O–H groups in total. The first kappa shape index (κ1) is 11.2. The van der Waals surface area contributed by atoms with Gasteiger partial charge in [0.1, 0.15) is 0 Å². The van der Waals surface area contributed by atoms with Gasteiger partial charge in [-0.25, -0.2) is 4.98 Å². The smallest absolute Gasteiger partial charge is 0.186 e. The highest BCUT2D eigenvalue weighted by Crippen LogP contribution is 2.41. The van der Waals surface area contributed by atoms with Crippen LogP contribution < -0.4 is 10.2 Å². The van der Waals surface area contributed by atoms with Crippen molar-refractivity contribution in [2.24, 2.45) is 5.92 Å². The number of anilines is 1. The molecule has 2 saturated carbocycles. The summed E-state index contributed by atoms with van der Waals surface area (Å²) in [7, 11) is 0. The third kappa shape index (κ3) is 1.95. The molecule has 2 unspecified atom stereocenters. The predicted octanol–water partition coefficient (Wildman–Crippen LogP) is 2.69. The zero-order valence-electron chi connectivity index (χ0n) is 11.0. The summed E-state index contributed by atoms with van der Waals surface area (Å²) in [6, 6.07) is 1.59. The summed E-state index contributed by atoms with van der Waals surface area (Å²) >= 11 is 1.92. The molecule has 2 atom stereocenters. The largest absolute Gasteiger partial charge is 0.345 e. The van der Waals surface area contributed by atoms with Crippen LogP contribution in [-0.2, 0) is 6.54 Å².